The number of allylic oxidation sites excluding steroid dienone is 15. The number of rotatable bonds is 60. The van der Waals surface area contributed by atoms with Gasteiger partial charge in [-0.2, -0.15) is 0 Å². The van der Waals surface area contributed by atoms with Crippen LogP contribution in [0.15, 0.2) is 97.2 Å². The molecule has 78 heavy (non-hydrogen) atoms. The first-order chi connectivity index (χ1) is 38.5. The van der Waals surface area contributed by atoms with Crippen molar-refractivity contribution in [3.8, 4) is 0 Å². The molecule has 0 heterocycles. The van der Waals surface area contributed by atoms with Gasteiger partial charge in [-0.05, 0) is 83.5 Å². The van der Waals surface area contributed by atoms with Gasteiger partial charge in [0.25, 0.3) is 0 Å². The van der Waals surface area contributed by atoms with Gasteiger partial charge in [0.05, 0.1) is 6.42 Å². The first-order valence-corrected chi connectivity index (χ1v) is 33.2. The molecule has 6 heteroatoms. The Morgan fingerprint density at radius 3 is 0.846 bits per heavy atom. The standard InChI is InChI=1S/C72H124O6/c1-4-7-10-13-16-19-22-25-27-28-29-30-31-32-33-34-35-36-37-38-39-40-41-42-43-44-46-47-50-53-56-59-62-65-71(74)77-68-69(67-76-70(73)64-61-58-55-52-49-24-21-18-15-12-9-6-3)78-72(75)66-63-60-57-54-51-48-45-26-23-20-17-14-11-8-5-2/h8,11,17,20,22,25-26,28-29,31-32,45,51,54,60,63,69H,4-7,9-10,12-16,18-19,21,23-24,27,30,33-44,46-50,52-53,55-59,61-62,64-68H2,1-3H3/b11-8-,20-17-,25-22-,29-28-,32-31-,45-26-,54-51-,63-60-. The number of unbranched alkanes of at least 4 members (excludes halogenated alkanes) is 34. The van der Waals surface area contributed by atoms with Crippen LogP contribution in [-0.2, 0) is 28.6 Å². The summed E-state index contributed by atoms with van der Waals surface area (Å²) in [6.07, 6.45) is 89.0. The Bertz CT molecular complexity index is 1530. The largest absolute Gasteiger partial charge is 0.462 e. The number of hydrogen-bond donors (Lipinski definition) is 0. The molecule has 6 nitrogen and oxygen atoms in total. The summed E-state index contributed by atoms with van der Waals surface area (Å²) in [6, 6.07) is 0. The van der Waals surface area contributed by atoms with E-state index in [0.717, 1.165) is 83.5 Å². The van der Waals surface area contributed by atoms with Gasteiger partial charge in [-0.1, -0.05) is 317 Å². The second-order valence-corrected chi connectivity index (χ2v) is 22.0. The van der Waals surface area contributed by atoms with Gasteiger partial charge in [0.1, 0.15) is 13.2 Å². The predicted molar refractivity (Wildman–Crippen MR) is 339 cm³/mol. The molecule has 0 fully saturated rings. The zero-order chi connectivity index (χ0) is 56.4. The van der Waals surface area contributed by atoms with E-state index in [1.165, 1.54) is 199 Å². The lowest BCUT2D eigenvalue weighted by molar-refractivity contribution is -0.166. The topological polar surface area (TPSA) is 78.9 Å². The highest BCUT2D eigenvalue weighted by Crippen LogP contribution is 2.17. The van der Waals surface area contributed by atoms with Crippen LogP contribution in [0.25, 0.3) is 0 Å². The number of hydrogen-bond acceptors (Lipinski definition) is 6. The van der Waals surface area contributed by atoms with Crippen molar-refractivity contribution in [1.82, 2.24) is 0 Å². The quantitative estimate of drug-likeness (QED) is 0.0261. The normalized spacial score (nSPS) is 12.7. The highest BCUT2D eigenvalue weighted by molar-refractivity contribution is 5.72. The van der Waals surface area contributed by atoms with Crippen LogP contribution in [0.1, 0.15) is 323 Å². The minimum Gasteiger partial charge on any atom is -0.462 e. The van der Waals surface area contributed by atoms with Gasteiger partial charge in [-0.15, -0.1) is 0 Å². The summed E-state index contributed by atoms with van der Waals surface area (Å²) in [4.78, 5) is 38.2. The maximum atomic E-state index is 12.8. The molecule has 0 saturated carbocycles. The molecule has 0 bridgehead atoms. The van der Waals surface area contributed by atoms with Gasteiger partial charge >= 0.3 is 17.9 Å². The van der Waals surface area contributed by atoms with E-state index in [-0.39, 0.29) is 31.6 Å². The second-order valence-electron chi connectivity index (χ2n) is 22.0. The number of carbonyl (C=O) groups excluding carboxylic acids is 3. The van der Waals surface area contributed by atoms with Crippen LogP contribution in [0.5, 0.6) is 0 Å². The highest BCUT2D eigenvalue weighted by Gasteiger charge is 2.19. The summed E-state index contributed by atoms with van der Waals surface area (Å²) >= 11 is 0. The molecule has 0 aliphatic heterocycles. The van der Waals surface area contributed by atoms with Gasteiger partial charge in [0.2, 0.25) is 0 Å². The molecule has 0 N–H and O–H groups in total. The third-order valence-corrected chi connectivity index (χ3v) is 14.4. The molecular weight excluding hydrogens is 961 g/mol. The van der Waals surface area contributed by atoms with Gasteiger partial charge in [-0.3, -0.25) is 14.4 Å². The van der Waals surface area contributed by atoms with Crippen LogP contribution in [0, 0.1) is 0 Å². The number of carbonyl (C=O) groups is 3. The molecular formula is C72H124O6. The van der Waals surface area contributed by atoms with E-state index in [9.17, 15) is 14.4 Å². The van der Waals surface area contributed by atoms with Crippen molar-refractivity contribution in [2.45, 2.75) is 329 Å². The van der Waals surface area contributed by atoms with E-state index in [4.69, 9.17) is 14.2 Å². The van der Waals surface area contributed by atoms with Gasteiger partial charge in [0, 0.05) is 12.8 Å². The molecule has 0 saturated heterocycles. The Kier molecular flexibility index (Phi) is 62.7. The molecule has 448 valence electrons. The molecule has 0 rings (SSSR count). The lowest BCUT2D eigenvalue weighted by Crippen LogP contribution is -2.30. The van der Waals surface area contributed by atoms with Crippen molar-refractivity contribution in [3.63, 3.8) is 0 Å². The minimum atomic E-state index is -0.830. The number of ether oxygens (including phenoxy) is 3. The van der Waals surface area contributed by atoms with Crippen LogP contribution in [-0.4, -0.2) is 37.2 Å². The van der Waals surface area contributed by atoms with Gasteiger partial charge < -0.3 is 14.2 Å². The van der Waals surface area contributed by atoms with Crippen molar-refractivity contribution in [2.75, 3.05) is 13.2 Å². The Hall–Kier alpha value is -3.67. The second kappa shape index (κ2) is 65.8. The monoisotopic (exact) mass is 1080 g/mol. The Morgan fingerprint density at radius 2 is 0.538 bits per heavy atom. The summed E-state index contributed by atoms with van der Waals surface area (Å²) in [6.45, 7) is 6.45. The fraction of sp³-hybridized carbons (Fsp3) is 0.736. The molecule has 1 atom stereocenters. The van der Waals surface area contributed by atoms with Gasteiger partial charge in [0.15, 0.2) is 6.10 Å². The van der Waals surface area contributed by atoms with E-state index in [1.807, 2.05) is 6.08 Å². The summed E-state index contributed by atoms with van der Waals surface area (Å²) in [5.74, 6) is -1.03. The molecule has 0 amide bonds. The molecule has 0 aromatic rings. The maximum Gasteiger partial charge on any atom is 0.310 e. The Balaban J connectivity index is 4.18. The van der Waals surface area contributed by atoms with Gasteiger partial charge in [-0.25, -0.2) is 0 Å². The smallest absolute Gasteiger partial charge is 0.310 e. The summed E-state index contributed by atoms with van der Waals surface area (Å²) in [7, 11) is 0. The van der Waals surface area contributed by atoms with Crippen molar-refractivity contribution in [3.05, 3.63) is 97.2 Å². The van der Waals surface area contributed by atoms with Crippen LogP contribution in [0.3, 0.4) is 0 Å². The molecule has 0 aromatic carbocycles. The fourth-order valence-corrected chi connectivity index (χ4v) is 9.41. The minimum absolute atomic E-state index is 0.0986. The lowest BCUT2D eigenvalue weighted by atomic mass is 10.0. The van der Waals surface area contributed by atoms with Crippen LogP contribution >= 0.6 is 0 Å². The zero-order valence-electron chi connectivity index (χ0n) is 51.4. The molecule has 0 radical (unpaired) electrons. The van der Waals surface area contributed by atoms with E-state index in [2.05, 4.69) is 106 Å². The molecule has 0 aromatic heterocycles. The van der Waals surface area contributed by atoms with Crippen LogP contribution < -0.4 is 0 Å². The van der Waals surface area contributed by atoms with Crippen molar-refractivity contribution < 1.29 is 28.6 Å². The molecule has 0 aliphatic carbocycles. The SMILES string of the molecule is CC/C=C\C/C=C\C/C=C\C/C=C\C/C=C\CC(=O)OC(COC(=O)CCCCCCCCCCCCCC)COC(=O)CCCCCCCCCCCCCCCCCCCC/C=C\C/C=C\C/C=C\CCCCCCC. The molecule has 0 spiro atoms. The Labute approximate surface area is 483 Å². The summed E-state index contributed by atoms with van der Waals surface area (Å²) in [5, 5.41) is 0. The predicted octanol–water partition coefficient (Wildman–Crippen LogP) is 22.8. The van der Waals surface area contributed by atoms with E-state index >= 15 is 0 Å². The fourth-order valence-electron chi connectivity index (χ4n) is 9.41. The Morgan fingerprint density at radius 1 is 0.282 bits per heavy atom. The lowest BCUT2D eigenvalue weighted by Gasteiger charge is -2.18. The average molecular weight is 1090 g/mol. The molecule has 1 unspecified atom stereocenters. The molecule has 0 aliphatic rings. The highest BCUT2D eigenvalue weighted by atomic mass is 16.6. The average Bonchev–Trinajstić information content (AvgIpc) is 3.44. The van der Waals surface area contributed by atoms with Crippen molar-refractivity contribution >= 4 is 17.9 Å². The summed E-state index contributed by atoms with van der Waals surface area (Å²) in [5.41, 5.74) is 0. The first kappa shape index (κ1) is 74.3. The van der Waals surface area contributed by atoms with Crippen LogP contribution in [0.4, 0.5) is 0 Å². The van der Waals surface area contributed by atoms with Crippen LogP contribution in [0.2, 0.25) is 0 Å². The van der Waals surface area contributed by atoms with Crippen molar-refractivity contribution in [1.29, 1.82) is 0 Å². The zero-order valence-corrected chi connectivity index (χ0v) is 51.4. The van der Waals surface area contributed by atoms with E-state index in [1.54, 1.807) is 6.08 Å². The van der Waals surface area contributed by atoms with E-state index < -0.39 is 12.1 Å². The summed E-state index contributed by atoms with van der Waals surface area (Å²) < 4.78 is 16.8. The first-order valence-electron chi connectivity index (χ1n) is 33.2. The van der Waals surface area contributed by atoms with Crippen molar-refractivity contribution in [2.24, 2.45) is 0 Å². The third kappa shape index (κ3) is 63.2. The third-order valence-electron chi connectivity index (χ3n) is 14.4. The maximum absolute atomic E-state index is 12.8. The number of esters is 3. The van der Waals surface area contributed by atoms with E-state index in [0.29, 0.717) is 12.8 Å².